The maximum atomic E-state index is 13.5. The van der Waals surface area contributed by atoms with Crippen molar-refractivity contribution in [2.24, 2.45) is 0 Å². The molecule has 1 fully saturated rings. The van der Waals surface area contributed by atoms with Crippen molar-refractivity contribution in [3.05, 3.63) is 24.0 Å². The van der Waals surface area contributed by atoms with Crippen LogP contribution in [0.15, 0.2) is 18.2 Å². The molecule has 0 radical (unpaired) electrons. The van der Waals surface area contributed by atoms with Crippen molar-refractivity contribution < 1.29 is 9.13 Å². The first-order valence-electron chi connectivity index (χ1n) is 5.99. The topological polar surface area (TPSA) is 24.5 Å². The van der Waals surface area contributed by atoms with E-state index in [1.165, 1.54) is 26.0 Å². The van der Waals surface area contributed by atoms with E-state index >= 15 is 0 Å². The number of rotatable bonds is 6. The summed E-state index contributed by atoms with van der Waals surface area (Å²) in [7, 11) is 3.44. The van der Waals surface area contributed by atoms with Crippen LogP contribution < -0.4 is 15.0 Å². The molecule has 4 heteroatoms. The van der Waals surface area contributed by atoms with Gasteiger partial charge < -0.3 is 15.0 Å². The van der Waals surface area contributed by atoms with Crippen molar-refractivity contribution in [1.82, 2.24) is 5.32 Å². The highest BCUT2D eigenvalue weighted by molar-refractivity contribution is 5.49. The second-order valence-electron chi connectivity index (χ2n) is 4.47. The molecule has 1 aromatic carbocycles. The van der Waals surface area contributed by atoms with Crippen LogP contribution in [0.4, 0.5) is 10.1 Å². The summed E-state index contributed by atoms with van der Waals surface area (Å²) in [5.74, 6) is -0.0229. The van der Waals surface area contributed by atoms with Crippen LogP contribution in [0.1, 0.15) is 12.8 Å². The highest BCUT2D eigenvalue weighted by Gasteiger charge is 2.19. The molecular formula is C13H19FN2O. The van der Waals surface area contributed by atoms with Crippen LogP contribution in [-0.4, -0.2) is 33.3 Å². The van der Waals surface area contributed by atoms with Gasteiger partial charge in [-0.05, 0) is 25.0 Å². The zero-order valence-electron chi connectivity index (χ0n) is 10.4. The molecule has 0 spiro atoms. The maximum absolute atomic E-state index is 13.5. The Morgan fingerprint density at radius 1 is 1.47 bits per heavy atom. The molecule has 0 unspecified atom stereocenters. The van der Waals surface area contributed by atoms with Gasteiger partial charge in [0.05, 0.1) is 7.11 Å². The summed E-state index contributed by atoms with van der Waals surface area (Å²) < 4.78 is 18.4. The Bertz CT molecular complexity index is 380. The Labute approximate surface area is 102 Å². The van der Waals surface area contributed by atoms with Crippen LogP contribution in [-0.2, 0) is 0 Å². The Hall–Kier alpha value is -1.29. The predicted molar refractivity (Wildman–Crippen MR) is 67.2 cm³/mol. The lowest BCUT2D eigenvalue weighted by molar-refractivity contribution is 0.386. The first kappa shape index (κ1) is 12.2. The van der Waals surface area contributed by atoms with Crippen molar-refractivity contribution in [3.8, 4) is 5.75 Å². The smallest absolute Gasteiger partial charge is 0.167 e. The molecule has 0 atom stereocenters. The van der Waals surface area contributed by atoms with Crippen LogP contribution in [0.3, 0.4) is 0 Å². The minimum Gasteiger partial charge on any atom is -0.494 e. The molecule has 94 valence electrons. The van der Waals surface area contributed by atoms with Crippen molar-refractivity contribution in [2.75, 3.05) is 32.1 Å². The lowest BCUT2D eigenvalue weighted by atomic mass is 10.2. The Balaban J connectivity index is 1.88. The van der Waals surface area contributed by atoms with Crippen LogP contribution in [0.5, 0.6) is 5.75 Å². The van der Waals surface area contributed by atoms with Gasteiger partial charge in [0.2, 0.25) is 0 Å². The number of nitrogens with one attached hydrogen (secondary N) is 1. The van der Waals surface area contributed by atoms with Crippen molar-refractivity contribution in [3.63, 3.8) is 0 Å². The van der Waals surface area contributed by atoms with Gasteiger partial charge in [0, 0.05) is 37.9 Å². The monoisotopic (exact) mass is 238 g/mol. The minimum atomic E-state index is -0.313. The minimum absolute atomic E-state index is 0.290. The van der Waals surface area contributed by atoms with Gasteiger partial charge in [0.15, 0.2) is 11.6 Å². The van der Waals surface area contributed by atoms with Crippen LogP contribution in [0.2, 0.25) is 0 Å². The quantitative estimate of drug-likeness (QED) is 0.820. The van der Waals surface area contributed by atoms with Gasteiger partial charge >= 0.3 is 0 Å². The van der Waals surface area contributed by atoms with E-state index in [4.69, 9.17) is 4.74 Å². The van der Waals surface area contributed by atoms with Gasteiger partial charge in [0.25, 0.3) is 0 Å². The molecule has 1 N–H and O–H groups in total. The van der Waals surface area contributed by atoms with Crippen molar-refractivity contribution in [1.29, 1.82) is 0 Å². The Morgan fingerprint density at radius 2 is 2.24 bits per heavy atom. The van der Waals surface area contributed by atoms with E-state index < -0.39 is 0 Å². The summed E-state index contributed by atoms with van der Waals surface area (Å²) >= 11 is 0. The third-order valence-corrected chi connectivity index (χ3v) is 3.03. The lowest BCUT2D eigenvalue weighted by Gasteiger charge is -2.20. The number of hydrogen-bond acceptors (Lipinski definition) is 3. The molecule has 0 bridgehead atoms. The zero-order chi connectivity index (χ0) is 12.3. The highest BCUT2D eigenvalue weighted by Crippen LogP contribution is 2.22. The number of halogens is 1. The molecule has 0 amide bonds. The Morgan fingerprint density at radius 3 is 2.82 bits per heavy atom. The van der Waals surface area contributed by atoms with Gasteiger partial charge in [-0.1, -0.05) is 0 Å². The van der Waals surface area contributed by atoms with E-state index in [0.717, 1.165) is 24.8 Å². The SMILES string of the molecule is COc1ccc(N(C)CCNC2CC2)cc1F. The fourth-order valence-electron chi connectivity index (χ4n) is 1.75. The largest absolute Gasteiger partial charge is 0.494 e. The molecule has 1 saturated carbocycles. The van der Waals surface area contributed by atoms with E-state index in [1.807, 2.05) is 18.0 Å². The standard InChI is InChI=1S/C13H19FN2O/c1-16(8-7-15-10-3-4-10)11-5-6-13(17-2)12(14)9-11/h5-6,9-10,15H,3-4,7-8H2,1-2H3. The highest BCUT2D eigenvalue weighted by atomic mass is 19.1. The van der Waals surface area contributed by atoms with Gasteiger partial charge in [-0.15, -0.1) is 0 Å². The summed E-state index contributed by atoms with van der Waals surface area (Å²) in [6, 6.07) is 5.76. The lowest BCUT2D eigenvalue weighted by Crippen LogP contribution is -2.30. The number of ether oxygens (including phenoxy) is 1. The second-order valence-corrected chi connectivity index (χ2v) is 4.47. The number of likely N-dealkylation sites (N-methyl/N-ethyl adjacent to an activating group) is 1. The van der Waals surface area contributed by atoms with E-state index in [9.17, 15) is 4.39 Å². The normalized spacial score (nSPS) is 14.8. The first-order chi connectivity index (χ1) is 8.20. The van der Waals surface area contributed by atoms with Crippen LogP contribution in [0, 0.1) is 5.82 Å². The van der Waals surface area contributed by atoms with E-state index in [1.54, 1.807) is 6.07 Å². The third-order valence-electron chi connectivity index (χ3n) is 3.03. The fraction of sp³-hybridized carbons (Fsp3) is 0.538. The van der Waals surface area contributed by atoms with Gasteiger partial charge in [-0.2, -0.15) is 0 Å². The van der Waals surface area contributed by atoms with E-state index in [2.05, 4.69) is 5.32 Å². The molecule has 0 aliphatic heterocycles. The molecule has 2 rings (SSSR count). The average Bonchev–Trinajstić information content (AvgIpc) is 3.13. The van der Waals surface area contributed by atoms with Gasteiger partial charge in [-0.25, -0.2) is 4.39 Å². The zero-order valence-corrected chi connectivity index (χ0v) is 10.4. The molecule has 1 aromatic rings. The number of hydrogen-bond donors (Lipinski definition) is 1. The first-order valence-corrected chi connectivity index (χ1v) is 5.99. The van der Waals surface area contributed by atoms with Crippen LogP contribution in [0.25, 0.3) is 0 Å². The molecule has 1 aliphatic rings. The average molecular weight is 238 g/mol. The molecule has 3 nitrogen and oxygen atoms in total. The summed E-state index contributed by atoms with van der Waals surface area (Å²) in [6.45, 7) is 1.82. The number of benzene rings is 1. The van der Waals surface area contributed by atoms with Crippen molar-refractivity contribution in [2.45, 2.75) is 18.9 Å². The van der Waals surface area contributed by atoms with Crippen LogP contribution >= 0.6 is 0 Å². The fourth-order valence-corrected chi connectivity index (χ4v) is 1.75. The summed E-state index contributed by atoms with van der Waals surface area (Å²) in [4.78, 5) is 2.04. The van der Waals surface area contributed by atoms with Gasteiger partial charge in [0.1, 0.15) is 0 Å². The third kappa shape index (κ3) is 3.33. The molecule has 0 aromatic heterocycles. The number of anilines is 1. The summed E-state index contributed by atoms with van der Waals surface area (Å²) in [6.07, 6.45) is 2.59. The summed E-state index contributed by atoms with van der Waals surface area (Å²) in [5, 5.41) is 3.43. The molecule has 17 heavy (non-hydrogen) atoms. The number of methoxy groups -OCH3 is 1. The molecular weight excluding hydrogens is 219 g/mol. The second kappa shape index (κ2) is 5.36. The molecule has 1 aliphatic carbocycles. The number of nitrogens with zero attached hydrogens (tertiary/aromatic N) is 1. The molecule has 0 heterocycles. The predicted octanol–water partition coefficient (Wildman–Crippen LogP) is 2.02. The van der Waals surface area contributed by atoms with E-state index in [-0.39, 0.29) is 5.82 Å². The van der Waals surface area contributed by atoms with Crippen molar-refractivity contribution >= 4 is 5.69 Å². The summed E-state index contributed by atoms with van der Waals surface area (Å²) in [5.41, 5.74) is 0.876. The van der Waals surface area contributed by atoms with E-state index in [0.29, 0.717) is 5.75 Å². The Kier molecular flexibility index (Phi) is 3.84. The van der Waals surface area contributed by atoms with Gasteiger partial charge in [-0.3, -0.25) is 0 Å². The molecule has 0 saturated heterocycles. The maximum Gasteiger partial charge on any atom is 0.167 e.